The molecule has 152 valence electrons. The molecule has 3 nitrogen and oxygen atoms in total. The lowest BCUT2D eigenvalue weighted by molar-refractivity contribution is -0.115. The first-order valence-electron chi connectivity index (χ1n) is 9.02. The van der Waals surface area contributed by atoms with Crippen LogP contribution in [0.25, 0.3) is 0 Å². The quantitative estimate of drug-likeness (QED) is 0.526. The number of ether oxygens (including phenoxy) is 1. The Labute approximate surface area is 161 Å². The summed E-state index contributed by atoms with van der Waals surface area (Å²) in [5.41, 5.74) is 1.21. The smallest absolute Gasteiger partial charge is 0.267 e. The third-order valence-corrected chi connectivity index (χ3v) is 4.50. The summed E-state index contributed by atoms with van der Waals surface area (Å²) in [4.78, 5) is 11.7. The minimum atomic E-state index is -2.80. The van der Waals surface area contributed by atoms with Crippen LogP contribution in [0.15, 0.2) is 30.3 Å². The van der Waals surface area contributed by atoms with Gasteiger partial charge in [-0.3, -0.25) is 4.79 Å². The van der Waals surface area contributed by atoms with Gasteiger partial charge >= 0.3 is 0 Å². The Hall–Kier alpha value is -2.57. The molecule has 0 aliphatic heterocycles. The van der Waals surface area contributed by atoms with Crippen LogP contribution in [0.1, 0.15) is 60.9 Å². The number of hydrogen-bond acceptors (Lipinski definition) is 2. The molecule has 0 heterocycles. The van der Waals surface area contributed by atoms with Gasteiger partial charge in [0.2, 0.25) is 5.91 Å². The molecule has 1 N–H and O–H groups in total. The predicted octanol–water partition coefficient (Wildman–Crippen LogP) is 6.36. The normalized spacial score (nSPS) is 11.2. The van der Waals surface area contributed by atoms with Crippen molar-refractivity contribution in [3.05, 3.63) is 58.1 Å². The van der Waals surface area contributed by atoms with Gasteiger partial charge in [0, 0.05) is 23.2 Å². The maximum absolute atomic E-state index is 13.4. The van der Waals surface area contributed by atoms with E-state index in [-0.39, 0.29) is 47.1 Å². The molecule has 0 saturated heterocycles. The van der Waals surface area contributed by atoms with Crippen molar-refractivity contribution in [2.75, 3.05) is 5.32 Å². The molecule has 0 aliphatic rings. The van der Waals surface area contributed by atoms with E-state index in [0.29, 0.717) is 6.42 Å². The van der Waals surface area contributed by atoms with E-state index in [1.165, 1.54) is 30.3 Å². The van der Waals surface area contributed by atoms with Crippen LogP contribution in [0, 0.1) is 6.92 Å². The van der Waals surface area contributed by atoms with E-state index in [2.05, 4.69) is 5.32 Å². The Bertz CT molecular complexity index is 837. The number of anilines is 1. The number of aryl methyl sites for hydroxylation is 2. The SMILES string of the molecule is CCC(=O)Nc1cccc(C(F)F)c1COc1cc(C)c(CC)cc1C(F)F. The van der Waals surface area contributed by atoms with E-state index < -0.39 is 12.9 Å². The van der Waals surface area contributed by atoms with Crippen molar-refractivity contribution in [2.24, 2.45) is 0 Å². The van der Waals surface area contributed by atoms with Gasteiger partial charge in [-0.05, 0) is 42.7 Å². The van der Waals surface area contributed by atoms with Crippen molar-refractivity contribution in [1.29, 1.82) is 0 Å². The largest absolute Gasteiger partial charge is 0.488 e. The van der Waals surface area contributed by atoms with Gasteiger partial charge in [0.25, 0.3) is 12.9 Å². The molecule has 7 heteroatoms. The number of carbonyl (C=O) groups excluding carboxylic acids is 1. The van der Waals surface area contributed by atoms with Gasteiger partial charge in [0.1, 0.15) is 12.4 Å². The van der Waals surface area contributed by atoms with Gasteiger partial charge in [0.05, 0.1) is 5.56 Å². The first-order chi connectivity index (χ1) is 13.3. The summed E-state index contributed by atoms with van der Waals surface area (Å²) in [6.07, 6.45) is -4.79. The molecule has 2 aromatic rings. The topological polar surface area (TPSA) is 38.3 Å². The average molecular weight is 397 g/mol. The van der Waals surface area contributed by atoms with E-state index in [9.17, 15) is 22.4 Å². The minimum Gasteiger partial charge on any atom is -0.488 e. The van der Waals surface area contributed by atoms with Gasteiger partial charge in [-0.25, -0.2) is 17.6 Å². The highest BCUT2D eigenvalue weighted by molar-refractivity contribution is 5.91. The molecule has 1 amide bonds. The molecular weight excluding hydrogens is 374 g/mol. The Morgan fingerprint density at radius 2 is 1.75 bits per heavy atom. The fourth-order valence-electron chi connectivity index (χ4n) is 2.90. The van der Waals surface area contributed by atoms with Crippen molar-refractivity contribution < 1.29 is 27.1 Å². The van der Waals surface area contributed by atoms with Crippen LogP contribution in [-0.2, 0) is 17.8 Å². The molecule has 0 radical (unpaired) electrons. The molecule has 2 aromatic carbocycles. The van der Waals surface area contributed by atoms with Crippen molar-refractivity contribution in [3.8, 4) is 5.75 Å². The van der Waals surface area contributed by atoms with E-state index in [1.807, 2.05) is 6.92 Å². The third-order valence-electron chi connectivity index (χ3n) is 4.50. The van der Waals surface area contributed by atoms with Crippen molar-refractivity contribution in [3.63, 3.8) is 0 Å². The zero-order valence-electron chi connectivity index (χ0n) is 16.0. The lowest BCUT2D eigenvalue weighted by Gasteiger charge is -2.18. The average Bonchev–Trinajstić information content (AvgIpc) is 2.66. The number of carbonyl (C=O) groups is 1. The second kappa shape index (κ2) is 9.57. The van der Waals surface area contributed by atoms with Gasteiger partial charge in [-0.15, -0.1) is 0 Å². The zero-order chi connectivity index (χ0) is 20.8. The summed E-state index contributed by atoms with van der Waals surface area (Å²) in [6, 6.07) is 6.99. The number of halogens is 4. The molecule has 0 fully saturated rings. The van der Waals surface area contributed by atoms with E-state index in [1.54, 1.807) is 13.8 Å². The summed E-state index contributed by atoms with van der Waals surface area (Å²) in [7, 11) is 0. The predicted molar refractivity (Wildman–Crippen MR) is 100 cm³/mol. The molecule has 0 spiro atoms. The highest BCUT2D eigenvalue weighted by atomic mass is 19.3. The van der Waals surface area contributed by atoms with Crippen molar-refractivity contribution in [1.82, 2.24) is 0 Å². The molecule has 28 heavy (non-hydrogen) atoms. The Morgan fingerprint density at radius 1 is 1.07 bits per heavy atom. The summed E-state index contributed by atoms with van der Waals surface area (Å²) in [5.74, 6) is -0.398. The number of rotatable bonds is 8. The standard InChI is InChI=1S/C21H23F4NO2/c1-4-13-10-15(21(24)25)18(9-12(13)3)28-11-16-14(20(22)23)7-6-8-17(16)26-19(27)5-2/h6-10,20-21H,4-5,11H2,1-3H3,(H,26,27). The number of benzene rings is 2. The van der Waals surface area contributed by atoms with Crippen LogP contribution in [0.2, 0.25) is 0 Å². The van der Waals surface area contributed by atoms with Crippen LogP contribution in [0.3, 0.4) is 0 Å². The third kappa shape index (κ3) is 5.03. The van der Waals surface area contributed by atoms with Crippen LogP contribution in [0.4, 0.5) is 23.2 Å². The first-order valence-corrected chi connectivity index (χ1v) is 9.02. The maximum atomic E-state index is 13.4. The molecule has 2 rings (SSSR count). The maximum Gasteiger partial charge on any atom is 0.267 e. The van der Waals surface area contributed by atoms with Gasteiger partial charge in [0.15, 0.2) is 0 Å². The van der Waals surface area contributed by atoms with Crippen LogP contribution in [0.5, 0.6) is 5.75 Å². The minimum absolute atomic E-state index is 0.0541. The van der Waals surface area contributed by atoms with Crippen LogP contribution in [-0.4, -0.2) is 5.91 Å². The molecular formula is C21H23F4NO2. The fraction of sp³-hybridized carbons (Fsp3) is 0.381. The fourth-order valence-corrected chi connectivity index (χ4v) is 2.90. The second-order valence-electron chi connectivity index (χ2n) is 6.34. The lowest BCUT2D eigenvalue weighted by Crippen LogP contribution is -2.14. The van der Waals surface area contributed by atoms with Crippen LogP contribution < -0.4 is 10.1 Å². The van der Waals surface area contributed by atoms with E-state index >= 15 is 0 Å². The Morgan fingerprint density at radius 3 is 2.32 bits per heavy atom. The monoisotopic (exact) mass is 397 g/mol. The zero-order valence-corrected chi connectivity index (χ0v) is 16.0. The summed E-state index contributed by atoms with van der Waals surface area (Å²) < 4.78 is 59.3. The number of amides is 1. The molecule has 0 atom stereocenters. The molecule has 0 saturated carbocycles. The lowest BCUT2D eigenvalue weighted by atomic mass is 10.0. The van der Waals surface area contributed by atoms with Crippen molar-refractivity contribution >= 4 is 11.6 Å². The Balaban J connectivity index is 2.41. The van der Waals surface area contributed by atoms with E-state index in [0.717, 1.165) is 11.1 Å². The molecule has 0 unspecified atom stereocenters. The number of alkyl halides is 4. The second-order valence-corrected chi connectivity index (χ2v) is 6.34. The van der Waals surface area contributed by atoms with Gasteiger partial charge in [-0.2, -0.15) is 0 Å². The first kappa shape index (κ1) is 21.7. The van der Waals surface area contributed by atoms with Gasteiger partial charge in [-0.1, -0.05) is 26.0 Å². The Kier molecular flexibility index (Phi) is 7.43. The summed E-state index contributed by atoms with van der Waals surface area (Å²) in [6.45, 7) is 4.90. The van der Waals surface area contributed by atoms with E-state index in [4.69, 9.17) is 4.74 Å². The van der Waals surface area contributed by atoms with Crippen LogP contribution >= 0.6 is 0 Å². The number of nitrogens with one attached hydrogen (secondary N) is 1. The highest BCUT2D eigenvalue weighted by Gasteiger charge is 2.20. The summed E-state index contributed by atoms with van der Waals surface area (Å²) >= 11 is 0. The molecule has 0 aromatic heterocycles. The molecule has 0 aliphatic carbocycles. The van der Waals surface area contributed by atoms with Gasteiger partial charge < -0.3 is 10.1 Å². The number of hydrogen-bond donors (Lipinski definition) is 1. The highest BCUT2D eigenvalue weighted by Crippen LogP contribution is 2.35. The molecule has 0 bridgehead atoms. The summed E-state index contributed by atoms with van der Waals surface area (Å²) in [5, 5.41) is 2.56. The van der Waals surface area contributed by atoms with Crippen molar-refractivity contribution in [2.45, 2.75) is 53.1 Å².